The number of nitrogens with two attached hydrogens (primary N) is 1. The van der Waals surface area contributed by atoms with Crippen molar-refractivity contribution in [3.63, 3.8) is 0 Å². The second kappa shape index (κ2) is 7.90. The van der Waals surface area contributed by atoms with Gasteiger partial charge in [0.05, 0.1) is 13.0 Å². The van der Waals surface area contributed by atoms with Gasteiger partial charge in [0.1, 0.15) is 10.1 Å². The summed E-state index contributed by atoms with van der Waals surface area (Å²) in [6, 6.07) is 2.47. The standard InChI is InChI=1S/C15H13BrClF4N5S/c16-12-9(4-7(22)5-15(19,20)21)10(18)11-13(24-14(17)25-26(11)12)23-6-8-2-1-3-27-8/h1-3,7H,4-6,22H2,(H,23,24,25)/t7-/m1/s1. The summed E-state index contributed by atoms with van der Waals surface area (Å²) < 4.78 is 53.9. The molecule has 5 nitrogen and oxygen atoms in total. The predicted molar refractivity (Wildman–Crippen MR) is 99.7 cm³/mol. The van der Waals surface area contributed by atoms with Crippen LogP contribution < -0.4 is 11.1 Å². The summed E-state index contributed by atoms with van der Waals surface area (Å²) >= 11 is 10.6. The van der Waals surface area contributed by atoms with E-state index in [0.29, 0.717) is 6.54 Å². The quantitative estimate of drug-likeness (QED) is 0.492. The number of nitrogens with one attached hydrogen (secondary N) is 1. The summed E-state index contributed by atoms with van der Waals surface area (Å²) in [5, 5.41) is 8.67. The molecule has 3 rings (SSSR count). The van der Waals surface area contributed by atoms with Crippen LogP contribution in [0.1, 0.15) is 16.9 Å². The van der Waals surface area contributed by atoms with Gasteiger partial charge in [-0.15, -0.1) is 16.4 Å². The first-order chi connectivity index (χ1) is 12.7. The Morgan fingerprint density at radius 2 is 2.15 bits per heavy atom. The van der Waals surface area contributed by atoms with Crippen molar-refractivity contribution < 1.29 is 17.6 Å². The van der Waals surface area contributed by atoms with Crippen molar-refractivity contribution in [3.8, 4) is 0 Å². The number of anilines is 1. The molecule has 0 aromatic carbocycles. The van der Waals surface area contributed by atoms with Crippen molar-refractivity contribution in [1.29, 1.82) is 0 Å². The Morgan fingerprint density at radius 3 is 2.78 bits per heavy atom. The highest BCUT2D eigenvalue weighted by molar-refractivity contribution is 9.10. The molecule has 0 saturated carbocycles. The van der Waals surface area contributed by atoms with Crippen molar-refractivity contribution in [2.75, 3.05) is 5.32 Å². The van der Waals surface area contributed by atoms with E-state index in [4.69, 9.17) is 17.3 Å². The molecule has 12 heteroatoms. The molecule has 1 atom stereocenters. The molecule has 3 heterocycles. The number of hydrogen-bond acceptors (Lipinski definition) is 5. The number of alkyl halides is 3. The lowest BCUT2D eigenvalue weighted by Crippen LogP contribution is -2.29. The molecule has 0 fully saturated rings. The molecule has 27 heavy (non-hydrogen) atoms. The Balaban J connectivity index is 1.96. The fourth-order valence-electron chi connectivity index (χ4n) is 2.61. The number of hydrogen-bond donors (Lipinski definition) is 2. The Morgan fingerprint density at radius 1 is 1.41 bits per heavy atom. The van der Waals surface area contributed by atoms with Crippen LogP contribution in [0.3, 0.4) is 0 Å². The molecule has 0 radical (unpaired) electrons. The first-order valence-electron chi connectivity index (χ1n) is 7.66. The second-order valence-electron chi connectivity index (χ2n) is 5.79. The molecule has 0 unspecified atom stereocenters. The fraction of sp³-hybridized carbons (Fsp3) is 0.333. The van der Waals surface area contributed by atoms with Crippen LogP contribution in [-0.2, 0) is 13.0 Å². The molecule has 0 aliphatic heterocycles. The maximum atomic E-state index is 15.0. The fourth-order valence-corrected chi connectivity index (χ4v) is 4.01. The Kier molecular flexibility index (Phi) is 5.94. The molecule has 0 saturated heterocycles. The van der Waals surface area contributed by atoms with Crippen LogP contribution >= 0.6 is 38.9 Å². The Bertz CT molecular complexity index is 944. The van der Waals surface area contributed by atoms with E-state index >= 15 is 0 Å². The lowest BCUT2D eigenvalue weighted by molar-refractivity contribution is -0.138. The minimum Gasteiger partial charge on any atom is -0.363 e. The third-order valence-corrected chi connectivity index (χ3v) is 5.55. The summed E-state index contributed by atoms with van der Waals surface area (Å²) in [6.07, 6.45) is -5.98. The van der Waals surface area contributed by atoms with E-state index in [-0.39, 0.29) is 33.2 Å². The smallest absolute Gasteiger partial charge is 0.363 e. The lowest BCUT2D eigenvalue weighted by Gasteiger charge is -2.13. The van der Waals surface area contributed by atoms with E-state index in [2.05, 4.69) is 31.3 Å². The van der Waals surface area contributed by atoms with Crippen LogP contribution in [0.2, 0.25) is 5.28 Å². The van der Waals surface area contributed by atoms with Gasteiger partial charge < -0.3 is 11.1 Å². The zero-order valence-corrected chi connectivity index (χ0v) is 16.7. The molecule has 0 aliphatic rings. The second-order valence-corrected chi connectivity index (χ2v) is 7.91. The summed E-state index contributed by atoms with van der Waals surface area (Å²) in [5.74, 6) is -0.609. The van der Waals surface area contributed by atoms with Crippen LogP contribution in [0.15, 0.2) is 22.1 Å². The average Bonchev–Trinajstić information content (AvgIpc) is 3.14. The highest BCUT2D eigenvalue weighted by Gasteiger charge is 2.32. The van der Waals surface area contributed by atoms with Crippen molar-refractivity contribution in [3.05, 3.63) is 43.7 Å². The third kappa shape index (κ3) is 4.71. The average molecular weight is 487 g/mol. The van der Waals surface area contributed by atoms with Crippen LogP contribution in [0.5, 0.6) is 0 Å². The first kappa shape index (κ1) is 20.3. The molecule has 0 amide bonds. The van der Waals surface area contributed by atoms with Crippen molar-refractivity contribution >= 4 is 50.2 Å². The molecule has 0 aliphatic carbocycles. The van der Waals surface area contributed by atoms with Crippen molar-refractivity contribution in [2.24, 2.45) is 5.73 Å². The monoisotopic (exact) mass is 485 g/mol. The van der Waals surface area contributed by atoms with Gasteiger partial charge in [-0.25, -0.2) is 8.91 Å². The minimum absolute atomic E-state index is 0.0116. The molecule has 146 valence electrons. The van der Waals surface area contributed by atoms with Gasteiger partial charge in [0.2, 0.25) is 5.28 Å². The largest absolute Gasteiger partial charge is 0.390 e. The van der Waals surface area contributed by atoms with Gasteiger partial charge in [-0.2, -0.15) is 18.2 Å². The normalized spacial score (nSPS) is 13.3. The van der Waals surface area contributed by atoms with Crippen LogP contribution in [-0.4, -0.2) is 26.8 Å². The molecule has 3 N–H and O–H groups in total. The summed E-state index contributed by atoms with van der Waals surface area (Å²) in [5.41, 5.74) is 5.52. The summed E-state index contributed by atoms with van der Waals surface area (Å²) in [4.78, 5) is 5.00. The molecule has 0 spiro atoms. The third-order valence-electron chi connectivity index (χ3n) is 3.70. The van der Waals surface area contributed by atoms with E-state index < -0.39 is 24.5 Å². The Hall–Kier alpha value is -1.43. The number of nitrogens with zero attached hydrogens (tertiary/aromatic N) is 3. The highest BCUT2D eigenvalue weighted by atomic mass is 79.9. The molecule has 3 aromatic rings. The summed E-state index contributed by atoms with van der Waals surface area (Å²) in [7, 11) is 0. The van der Waals surface area contributed by atoms with E-state index in [1.807, 2.05) is 17.5 Å². The maximum absolute atomic E-state index is 15.0. The topological polar surface area (TPSA) is 68.2 Å². The number of aromatic nitrogens is 3. The van der Waals surface area contributed by atoms with E-state index in [0.717, 1.165) is 9.39 Å². The zero-order valence-electron chi connectivity index (χ0n) is 13.5. The first-order valence-corrected chi connectivity index (χ1v) is 9.71. The molecular weight excluding hydrogens is 474 g/mol. The SMILES string of the molecule is N[C@H](Cc1c(F)c2c(NCc3cccs3)nc(Cl)nn2c1Br)CC(F)(F)F. The molecular formula is C15H13BrClF4N5S. The predicted octanol–water partition coefficient (Wildman–Crippen LogP) is 4.78. The van der Waals surface area contributed by atoms with E-state index in [1.165, 1.54) is 11.3 Å². The number of rotatable bonds is 6. The van der Waals surface area contributed by atoms with Crippen LogP contribution in [0.4, 0.5) is 23.4 Å². The van der Waals surface area contributed by atoms with Crippen molar-refractivity contribution in [1.82, 2.24) is 14.6 Å². The highest BCUT2D eigenvalue weighted by Crippen LogP contribution is 2.33. The Labute approximate surface area is 168 Å². The van der Waals surface area contributed by atoms with Gasteiger partial charge >= 0.3 is 6.18 Å². The maximum Gasteiger partial charge on any atom is 0.390 e. The van der Waals surface area contributed by atoms with Gasteiger partial charge in [-0.3, -0.25) is 0 Å². The number of fused-ring (bicyclic) bond motifs is 1. The zero-order chi connectivity index (χ0) is 19.8. The van der Waals surface area contributed by atoms with Crippen LogP contribution in [0.25, 0.3) is 5.52 Å². The lowest BCUT2D eigenvalue weighted by atomic mass is 10.1. The molecule has 3 aromatic heterocycles. The molecule has 0 bridgehead atoms. The van der Waals surface area contributed by atoms with Crippen LogP contribution in [0, 0.1) is 5.82 Å². The number of halogens is 6. The number of thiophene rings is 1. The summed E-state index contributed by atoms with van der Waals surface area (Å²) in [6.45, 7) is 0.381. The van der Waals surface area contributed by atoms with E-state index in [9.17, 15) is 17.6 Å². The van der Waals surface area contributed by atoms with Gasteiger partial charge in [0.15, 0.2) is 11.6 Å². The van der Waals surface area contributed by atoms with Gasteiger partial charge in [-0.1, -0.05) is 6.07 Å². The van der Waals surface area contributed by atoms with E-state index in [1.54, 1.807) is 0 Å². The van der Waals surface area contributed by atoms with Crippen molar-refractivity contribution in [2.45, 2.75) is 31.6 Å². The minimum atomic E-state index is -4.43. The van der Waals surface area contributed by atoms with Gasteiger partial charge in [0.25, 0.3) is 0 Å². The van der Waals surface area contributed by atoms with Gasteiger partial charge in [-0.05, 0) is 45.4 Å². The van der Waals surface area contributed by atoms with Gasteiger partial charge in [0, 0.05) is 16.5 Å².